The van der Waals surface area contributed by atoms with Crippen LogP contribution in [0.4, 0.5) is 5.69 Å². The van der Waals surface area contributed by atoms with Crippen LogP contribution >= 0.6 is 0 Å². The van der Waals surface area contributed by atoms with E-state index >= 15 is 0 Å². The van der Waals surface area contributed by atoms with Gasteiger partial charge in [0.25, 0.3) is 0 Å². The van der Waals surface area contributed by atoms with Crippen LogP contribution in [0, 0.1) is 11.8 Å². The average Bonchev–Trinajstić information content (AvgIpc) is 2.71. The molecule has 0 spiro atoms. The van der Waals surface area contributed by atoms with Crippen molar-refractivity contribution in [2.24, 2.45) is 11.8 Å². The molecule has 1 aromatic carbocycles. The third-order valence-electron chi connectivity index (χ3n) is 3.83. The summed E-state index contributed by atoms with van der Waals surface area (Å²) in [6, 6.07) is 7.13. The van der Waals surface area contributed by atoms with E-state index in [2.05, 4.69) is 19.2 Å². The minimum Gasteiger partial charge on any atom is -0.384 e. The molecule has 2 atom stereocenters. The topological polar surface area (TPSA) is 49.4 Å². The lowest BCUT2D eigenvalue weighted by atomic mass is 10.0. The zero-order valence-electron chi connectivity index (χ0n) is 11.8. The van der Waals surface area contributed by atoms with Crippen molar-refractivity contribution in [3.8, 4) is 0 Å². The van der Waals surface area contributed by atoms with Gasteiger partial charge in [0.15, 0.2) is 0 Å². The van der Waals surface area contributed by atoms with Gasteiger partial charge >= 0.3 is 0 Å². The van der Waals surface area contributed by atoms with Gasteiger partial charge < -0.3 is 5.32 Å². The zero-order chi connectivity index (χ0) is 14.0. The Morgan fingerprint density at radius 2 is 1.79 bits per heavy atom. The molecule has 5 heteroatoms. The summed E-state index contributed by atoms with van der Waals surface area (Å²) in [7, 11) is -3.39. The van der Waals surface area contributed by atoms with Crippen molar-refractivity contribution < 1.29 is 8.42 Å². The van der Waals surface area contributed by atoms with E-state index in [1.54, 1.807) is 16.4 Å². The highest BCUT2D eigenvalue weighted by atomic mass is 32.2. The molecule has 4 nitrogen and oxygen atoms in total. The second kappa shape index (κ2) is 5.51. The van der Waals surface area contributed by atoms with Crippen molar-refractivity contribution in [2.45, 2.75) is 25.7 Å². The molecule has 1 N–H and O–H groups in total. The second-order valence-electron chi connectivity index (χ2n) is 5.30. The third-order valence-corrected chi connectivity index (χ3v) is 5.72. The lowest BCUT2D eigenvalue weighted by molar-refractivity contribution is 0.463. The SMILES string of the molecule is CCNc1ccccc1S(=O)(=O)N1CC(C)C(C)C1. The smallest absolute Gasteiger partial charge is 0.245 e. The number of sulfonamides is 1. The standard InChI is InChI=1S/C14H22N2O2S/c1-4-15-13-7-5-6-8-14(13)19(17,18)16-9-11(2)12(3)10-16/h5-8,11-12,15H,4,9-10H2,1-3H3. The molecule has 0 bridgehead atoms. The summed E-state index contributed by atoms with van der Waals surface area (Å²) in [6.07, 6.45) is 0. The first-order valence-corrected chi connectivity index (χ1v) is 8.24. The number of hydrogen-bond donors (Lipinski definition) is 1. The van der Waals surface area contributed by atoms with Gasteiger partial charge in [-0.15, -0.1) is 0 Å². The van der Waals surface area contributed by atoms with Crippen LogP contribution < -0.4 is 5.32 Å². The van der Waals surface area contributed by atoms with Crippen molar-refractivity contribution >= 4 is 15.7 Å². The molecule has 106 valence electrons. The quantitative estimate of drug-likeness (QED) is 0.922. The fourth-order valence-corrected chi connectivity index (χ4v) is 4.25. The predicted octanol–water partition coefficient (Wildman–Crippen LogP) is 2.39. The Labute approximate surface area is 115 Å². The number of para-hydroxylation sites is 1. The van der Waals surface area contributed by atoms with Crippen molar-refractivity contribution in [2.75, 3.05) is 25.0 Å². The minimum absolute atomic E-state index is 0.387. The highest BCUT2D eigenvalue weighted by Gasteiger charge is 2.35. The third kappa shape index (κ3) is 2.77. The van der Waals surface area contributed by atoms with Gasteiger partial charge in [-0.2, -0.15) is 4.31 Å². The van der Waals surface area contributed by atoms with Crippen LogP contribution in [0.3, 0.4) is 0 Å². The van der Waals surface area contributed by atoms with Gasteiger partial charge in [-0.3, -0.25) is 0 Å². The Morgan fingerprint density at radius 3 is 2.37 bits per heavy atom. The number of benzene rings is 1. The summed E-state index contributed by atoms with van der Waals surface area (Å²) >= 11 is 0. The Kier molecular flexibility index (Phi) is 4.16. The number of nitrogens with zero attached hydrogens (tertiary/aromatic N) is 1. The highest BCUT2D eigenvalue weighted by molar-refractivity contribution is 7.89. The molecule has 1 fully saturated rings. The summed E-state index contributed by atoms with van der Waals surface area (Å²) in [5.74, 6) is 0.835. The molecular formula is C14H22N2O2S. The van der Waals surface area contributed by atoms with Gasteiger partial charge in [0.05, 0.1) is 5.69 Å². The first-order chi connectivity index (χ1) is 8.96. The van der Waals surface area contributed by atoms with E-state index in [1.165, 1.54) is 0 Å². The first kappa shape index (κ1) is 14.3. The second-order valence-corrected chi connectivity index (χ2v) is 7.21. The maximum atomic E-state index is 12.7. The molecule has 1 aliphatic rings. The molecule has 0 aliphatic carbocycles. The summed E-state index contributed by atoms with van der Waals surface area (Å²) < 4.78 is 27.0. The molecule has 19 heavy (non-hydrogen) atoms. The number of anilines is 1. The van der Waals surface area contributed by atoms with Crippen LogP contribution in [0.15, 0.2) is 29.2 Å². The van der Waals surface area contributed by atoms with Crippen molar-refractivity contribution in [3.63, 3.8) is 0 Å². The van der Waals surface area contributed by atoms with E-state index in [0.29, 0.717) is 42.1 Å². The highest BCUT2D eigenvalue weighted by Crippen LogP contribution is 2.31. The monoisotopic (exact) mass is 282 g/mol. The van der Waals surface area contributed by atoms with Crippen molar-refractivity contribution in [1.82, 2.24) is 4.31 Å². The zero-order valence-corrected chi connectivity index (χ0v) is 12.6. The van der Waals surface area contributed by atoms with Crippen LogP contribution in [-0.4, -0.2) is 32.4 Å². The van der Waals surface area contributed by atoms with Gasteiger partial charge in [0.1, 0.15) is 4.90 Å². The van der Waals surface area contributed by atoms with Gasteiger partial charge in [0, 0.05) is 19.6 Å². The van der Waals surface area contributed by atoms with Crippen molar-refractivity contribution in [3.05, 3.63) is 24.3 Å². The molecule has 1 saturated heterocycles. The van der Waals surface area contributed by atoms with Gasteiger partial charge in [0.2, 0.25) is 10.0 Å². The first-order valence-electron chi connectivity index (χ1n) is 6.80. The lowest BCUT2D eigenvalue weighted by Gasteiger charge is -2.19. The molecular weight excluding hydrogens is 260 g/mol. The van der Waals surface area contributed by atoms with Crippen LogP contribution in [0.1, 0.15) is 20.8 Å². The Morgan fingerprint density at radius 1 is 1.21 bits per heavy atom. The predicted molar refractivity (Wildman–Crippen MR) is 77.7 cm³/mol. The molecule has 2 unspecified atom stereocenters. The van der Waals surface area contributed by atoms with Gasteiger partial charge in [-0.05, 0) is 30.9 Å². The Bertz CT molecular complexity index is 532. The lowest BCUT2D eigenvalue weighted by Crippen LogP contribution is -2.29. The summed E-state index contributed by atoms with van der Waals surface area (Å²) in [4.78, 5) is 0.387. The fraction of sp³-hybridized carbons (Fsp3) is 0.571. The number of nitrogens with one attached hydrogen (secondary N) is 1. The number of rotatable bonds is 4. The van der Waals surface area contributed by atoms with Crippen LogP contribution in [0.2, 0.25) is 0 Å². The van der Waals surface area contributed by atoms with E-state index in [0.717, 1.165) is 0 Å². The molecule has 1 aromatic rings. The summed E-state index contributed by atoms with van der Waals surface area (Å²) in [5, 5.41) is 3.12. The number of hydrogen-bond acceptors (Lipinski definition) is 3. The van der Waals surface area contributed by atoms with Crippen LogP contribution in [-0.2, 0) is 10.0 Å². The van der Waals surface area contributed by atoms with E-state index in [1.807, 2.05) is 19.1 Å². The summed E-state index contributed by atoms with van der Waals surface area (Å²) in [6.45, 7) is 8.11. The molecule has 0 amide bonds. The average molecular weight is 282 g/mol. The van der Waals surface area contributed by atoms with E-state index in [9.17, 15) is 8.42 Å². The largest absolute Gasteiger partial charge is 0.384 e. The van der Waals surface area contributed by atoms with Gasteiger partial charge in [-0.1, -0.05) is 26.0 Å². The molecule has 1 aliphatic heterocycles. The molecule has 0 radical (unpaired) electrons. The Balaban J connectivity index is 2.35. The fourth-order valence-electron chi connectivity index (χ4n) is 2.44. The molecule has 0 aromatic heterocycles. The minimum atomic E-state index is -3.39. The molecule has 2 rings (SSSR count). The maximum absolute atomic E-state index is 12.7. The maximum Gasteiger partial charge on any atom is 0.245 e. The normalized spacial score (nSPS) is 24.6. The van der Waals surface area contributed by atoms with Gasteiger partial charge in [-0.25, -0.2) is 8.42 Å². The summed E-state index contributed by atoms with van der Waals surface area (Å²) in [5.41, 5.74) is 0.692. The van der Waals surface area contributed by atoms with E-state index < -0.39 is 10.0 Å². The molecule has 0 saturated carbocycles. The van der Waals surface area contributed by atoms with Crippen LogP contribution in [0.25, 0.3) is 0 Å². The molecule has 1 heterocycles. The van der Waals surface area contributed by atoms with Crippen molar-refractivity contribution in [1.29, 1.82) is 0 Å². The van der Waals surface area contributed by atoms with E-state index in [-0.39, 0.29) is 0 Å². The Hall–Kier alpha value is -1.07. The van der Waals surface area contributed by atoms with Crippen LogP contribution in [0.5, 0.6) is 0 Å². The van der Waals surface area contributed by atoms with E-state index in [4.69, 9.17) is 0 Å².